The van der Waals surface area contributed by atoms with Crippen molar-refractivity contribution in [1.29, 1.82) is 0 Å². The normalized spacial score (nSPS) is 18.5. The fourth-order valence-corrected chi connectivity index (χ4v) is 5.53. The van der Waals surface area contributed by atoms with Crippen molar-refractivity contribution in [3.05, 3.63) is 46.5 Å². The van der Waals surface area contributed by atoms with Crippen LogP contribution in [-0.4, -0.2) is 61.5 Å². The Balaban J connectivity index is 1.45. The number of likely N-dealkylation sites (tertiary alicyclic amines) is 1. The van der Waals surface area contributed by atoms with E-state index in [2.05, 4.69) is 15.3 Å². The van der Waals surface area contributed by atoms with E-state index in [0.29, 0.717) is 36.3 Å². The molecule has 4 rings (SSSR count). The van der Waals surface area contributed by atoms with E-state index in [-0.39, 0.29) is 42.3 Å². The van der Waals surface area contributed by atoms with Crippen LogP contribution in [0, 0.1) is 26.7 Å². The molecule has 2 aromatic rings. The summed E-state index contributed by atoms with van der Waals surface area (Å²) in [5.41, 5.74) is 3.42. The van der Waals surface area contributed by atoms with E-state index in [1.165, 1.54) is 12.1 Å². The first-order valence-electron chi connectivity index (χ1n) is 13.7. The fraction of sp³-hybridized carbons (Fsp3) is 0.552. The molecule has 0 bridgehead atoms. The van der Waals surface area contributed by atoms with Crippen LogP contribution in [0.15, 0.2) is 18.2 Å². The molecule has 2 heterocycles. The van der Waals surface area contributed by atoms with Crippen LogP contribution >= 0.6 is 0 Å². The summed E-state index contributed by atoms with van der Waals surface area (Å²) in [5.74, 6) is -1.68. The molecule has 3 N–H and O–H groups in total. The first kappa shape index (κ1) is 28.3. The second kappa shape index (κ2) is 12.4. The first-order chi connectivity index (χ1) is 18.6. The zero-order valence-corrected chi connectivity index (χ0v) is 22.9. The molecular formula is C29H38N4O6. The molecule has 2 amide bonds. The Morgan fingerprint density at radius 3 is 2.41 bits per heavy atom. The van der Waals surface area contributed by atoms with E-state index in [9.17, 15) is 24.6 Å². The molecule has 10 nitrogen and oxygen atoms in total. The number of nitrogens with one attached hydrogen (secondary N) is 1. The molecule has 1 saturated carbocycles. The van der Waals surface area contributed by atoms with Gasteiger partial charge in [-0.15, -0.1) is 0 Å². The maximum absolute atomic E-state index is 13.9. The maximum atomic E-state index is 13.9. The molecule has 2 unspecified atom stereocenters. The van der Waals surface area contributed by atoms with Gasteiger partial charge in [0.15, 0.2) is 11.5 Å². The minimum Gasteiger partial charge on any atom is -0.504 e. The highest BCUT2D eigenvalue weighted by atomic mass is 16.5. The largest absolute Gasteiger partial charge is 0.504 e. The van der Waals surface area contributed by atoms with Gasteiger partial charge in [-0.05, 0) is 70.1 Å². The van der Waals surface area contributed by atoms with Gasteiger partial charge in [-0.2, -0.15) is 0 Å². The van der Waals surface area contributed by atoms with Crippen LogP contribution < -0.4 is 5.32 Å². The molecule has 2 atom stereocenters. The lowest BCUT2D eigenvalue weighted by molar-refractivity contribution is -0.155. The lowest BCUT2D eigenvalue weighted by Crippen LogP contribution is -2.55. The van der Waals surface area contributed by atoms with Crippen molar-refractivity contribution in [2.45, 2.75) is 90.8 Å². The summed E-state index contributed by atoms with van der Waals surface area (Å²) in [7, 11) is 0. The number of esters is 1. The van der Waals surface area contributed by atoms with Gasteiger partial charge in [0.25, 0.3) is 0 Å². The van der Waals surface area contributed by atoms with Crippen LogP contribution in [0.3, 0.4) is 0 Å². The molecule has 210 valence electrons. The van der Waals surface area contributed by atoms with Gasteiger partial charge in [0.1, 0.15) is 18.7 Å². The van der Waals surface area contributed by atoms with E-state index in [4.69, 9.17) is 4.74 Å². The fourth-order valence-electron chi connectivity index (χ4n) is 5.53. The number of hydrogen-bond donors (Lipinski definition) is 3. The van der Waals surface area contributed by atoms with Crippen molar-refractivity contribution in [3.63, 3.8) is 0 Å². The third-order valence-corrected chi connectivity index (χ3v) is 7.85. The molecule has 0 spiro atoms. The van der Waals surface area contributed by atoms with Crippen LogP contribution in [-0.2, 0) is 32.1 Å². The van der Waals surface area contributed by atoms with Crippen molar-refractivity contribution < 1.29 is 29.3 Å². The zero-order chi connectivity index (χ0) is 28.1. The average molecular weight is 539 g/mol. The quantitative estimate of drug-likeness (QED) is 0.344. The number of rotatable bonds is 8. The van der Waals surface area contributed by atoms with Crippen molar-refractivity contribution in [2.24, 2.45) is 5.92 Å². The maximum Gasteiger partial charge on any atom is 0.329 e. The summed E-state index contributed by atoms with van der Waals surface area (Å²) >= 11 is 0. The summed E-state index contributed by atoms with van der Waals surface area (Å²) in [6.45, 7) is 5.97. The smallest absolute Gasteiger partial charge is 0.329 e. The van der Waals surface area contributed by atoms with Crippen LogP contribution in [0.25, 0.3) is 0 Å². The average Bonchev–Trinajstić information content (AvgIpc) is 3.41. The molecule has 1 saturated heterocycles. The number of ether oxygens (including phenoxy) is 1. The third-order valence-electron chi connectivity index (χ3n) is 7.85. The topological polar surface area (TPSA) is 142 Å². The number of aromatic nitrogens is 2. The van der Waals surface area contributed by atoms with Gasteiger partial charge >= 0.3 is 5.97 Å². The van der Waals surface area contributed by atoms with Gasteiger partial charge < -0.3 is 25.2 Å². The molecule has 1 aliphatic heterocycles. The van der Waals surface area contributed by atoms with E-state index in [1.54, 1.807) is 11.0 Å². The van der Waals surface area contributed by atoms with Crippen LogP contribution in [0.4, 0.5) is 0 Å². The van der Waals surface area contributed by atoms with E-state index in [0.717, 1.165) is 43.5 Å². The predicted molar refractivity (Wildman–Crippen MR) is 143 cm³/mol. The second-order valence-corrected chi connectivity index (χ2v) is 10.7. The van der Waals surface area contributed by atoms with Gasteiger partial charge in [-0.3, -0.25) is 19.6 Å². The number of carbonyl (C=O) groups excluding carboxylic acids is 3. The van der Waals surface area contributed by atoms with E-state index in [1.807, 2.05) is 20.8 Å². The summed E-state index contributed by atoms with van der Waals surface area (Å²) in [5, 5.41) is 22.3. The van der Waals surface area contributed by atoms with Gasteiger partial charge in [-0.25, -0.2) is 4.79 Å². The number of hydrogen-bond acceptors (Lipinski definition) is 8. The lowest BCUT2D eigenvalue weighted by Gasteiger charge is -2.34. The predicted octanol–water partition coefficient (Wildman–Crippen LogP) is 3.16. The minimum absolute atomic E-state index is 0.0143. The number of aromatic hydroxyl groups is 2. The van der Waals surface area contributed by atoms with E-state index < -0.39 is 18.1 Å². The molecule has 1 aromatic carbocycles. The Hall–Kier alpha value is -3.69. The minimum atomic E-state index is -0.746. The molecule has 0 radical (unpaired) electrons. The second-order valence-electron chi connectivity index (χ2n) is 10.7. The Labute approximate surface area is 228 Å². The summed E-state index contributed by atoms with van der Waals surface area (Å²) < 4.78 is 5.61. The number of nitrogens with zero attached hydrogens (tertiary/aromatic N) is 3. The Bertz CT molecular complexity index is 1230. The number of phenolic OH excluding ortho intramolecular Hbond substituents is 2. The van der Waals surface area contributed by atoms with Crippen molar-refractivity contribution in [2.75, 3.05) is 6.54 Å². The van der Waals surface area contributed by atoms with Gasteiger partial charge in [-0.1, -0.05) is 25.3 Å². The van der Waals surface area contributed by atoms with Gasteiger partial charge in [0.2, 0.25) is 11.8 Å². The van der Waals surface area contributed by atoms with Gasteiger partial charge in [0.05, 0.1) is 29.2 Å². The molecule has 1 aromatic heterocycles. The zero-order valence-electron chi connectivity index (χ0n) is 22.9. The summed E-state index contributed by atoms with van der Waals surface area (Å²) in [6, 6.07) is 2.76. The molecule has 2 aliphatic rings. The molecule has 1 aliphatic carbocycles. The summed E-state index contributed by atoms with van der Waals surface area (Å²) in [4.78, 5) is 50.5. The van der Waals surface area contributed by atoms with Crippen LogP contribution in [0.5, 0.6) is 11.5 Å². The Morgan fingerprint density at radius 2 is 1.69 bits per heavy atom. The number of phenols is 2. The van der Waals surface area contributed by atoms with Crippen LogP contribution in [0.2, 0.25) is 0 Å². The van der Waals surface area contributed by atoms with Crippen molar-refractivity contribution >= 4 is 17.8 Å². The monoisotopic (exact) mass is 538 g/mol. The molecule has 10 heteroatoms. The Kier molecular flexibility index (Phi) is 9.04. The third kappa shape index (κ3) is 6.85. The molecular weight excluding hydrogens is 500 g/mol. The molecule has 39 heavy (non-hydrogen) atoms. The standard InChI is InChI=1S/C29H38N4O6/c1-17-18(2)31-22(19(3)30-17)16-39-29(38)23-10-7-13-33(23)28(37)27(21-8-5-4-6-9-21)32-26(36)15-20-11-12-24(34)25(35)14-20/h11-12,14,21,23,27,34-35H,4-10,13,15-16H2,1-3H3,(H,32,36). The lowest BCUT2D eigenvalue weighted by atomic mass is 9.83. The highest BCUT2D eigenvalue weighted by molar-refractivity contribution is 5.92. The number of amides is 2. The SMILES string of the molecule is Cc1nc(C)c(COC(=O)C2CCCN2C(=O)C(NC(=O)Cc2ccc(O)c(O)c2)C2CCCCC2)nc1C. The van der Waals surface area contributed by atoms with Crippen molar-refractivity contribution in [3.8, 4) is 11.5 Å². The highest BCUT2D eigenvalue weighted by Crippen LogP contribution is 2.30. The van der Waals surface area contributed by atoms with Gasteiger partial charge in [0, 0.05) is 6.54 Å². The molecule has 2 fully saturated rings. The highest BCUT2D eigenvalue weighted by Gasteiger charge is 2.41. The van der Waals surface area contributed by atoms with Crippen LogP contribution in [0.1, 0.15) is 73.3 Å². The van der Waals surface area contributed by atoms with E-state index >= 15 is 0 Å². The summed E-state index contributed by atoms with van der Waals surface area (Å²) in [6.07, 6.45) is 5.83. The number of benzene rings is 1. The van der Waals surface area contributed by atoms with Crippen molar-refractivity contribution in [1.82, 2.24) is 20.2 Å². The Morgan fingerprint density at radius 1 is 0.974 bits per heavy atom. The first-order valence-corrected chi connectivity index (χ1v) is 13.7. The number of carbonyl (C=O) groups is 3. The number of aryl methyl sites for hydroxylation is 3.